The molecule has 5 heteroatoms. The Bertz CT molecular complexity index is 473. The van der Waals surface area contributed by atoms with Gasteiger partial charge in [-0.15, -0.1) is 0 Å². The third-order valence-corrected chi connectivity index (χ3v) is 3.66. The largest absolute Gasteiger partial charge is 0.388 e. The first-order valence-electron chi connectivity index (χ1n) is 6.44. The highest BCUT2D eigenvalue weighted by Gasteiger charge is 2.47. The summed E-state index contributed by atoms with van der Waals surface area (Å²) in [4.78, 5) is 12.1. The molecule has 0 spiro atoms. The van der Waals surface area contributed by atoms with E-state index in [0.717, 1.165) is 5.56 Å². The molecular formula is C14H17NO4. The van der Waals surface area contributed by atoms with Gasteiger partial charge in [-0.3, -0.25) is 4.79 Å². The van der Waals surface area contributed by atoms with Gasteiger partial charge in [0.05, 0.1) is 19.3 Å². The number of hydrogen-bond acceptors (Lipinski definition) is 4. The minimum atomic E-state index is -0.591. The molecule has 0 radical (unpaired) electrons. The zero-order chi connectivity index (χ0) is 13.4. The normalized spacial score (nSPS) is 33.2. The van der Waals surface area contributed by atoms with E-state index in [1.54, 1.807) is 12.1 Å². The number of carbonyl (C=O) groups excluding carboxylic acids is 1. The van der Waals surface area contributed by atoms with Crippen molar-refractivity contribution in [2.75, 3.05) is 13.2 Å². The molecule has 2 aliphatic heterocycles. The Balaban J connectivity index is 1.66. The number of amides is 1. The Morgan fingerprint density at radius 3 is 2.63 bits per heavy atom. The van der Waals surface area contributed by atoms with Gasteiger partial charge in [0.1, 0.15) is 18.3 Å². The highest BCUT2D eigenvalue weighted by molar-refractivity contribution is 5.94. The SMILES string of the molecule is Cc1ccc(C(=O)NC2COC3C(O)COC23)cc1. The van der Waals surface area contributed by atoms with Gasteiger partial charge >= 0.3 is 0 Å². The third kappa shape index (κ3) is 2.36. The van der Waals surface area contributed by atoms with E-state index in [1.165, 1.54) is 0 Å². The molecule has 2 heterocycles. The standard InChI is InChI=1S/C14H17NO4/c1-8-2-4-9(5-3-8)14(17)15-10-6-18-13-11(16)7-19-12(10)13/h2-5,10-13,16H,6-7H2,1H3,(H,15,17). The average molecular weight is 263 g/mol. The summed E-state index contributed by atoms with van der Waals surface area (Å²) in [7, 11) is 0. The summed E-state index contributed by atoms with van der Waals surface area (Å²) >= 11 is 0. The van der Waals surface area contributed by atoms with E-state index in [4.69, 9.17) is 9.47 Å². The van der Waals surface area contributed by atoms with Gasteiger partial charge in [0, 0.05) is 5.56 Å². The van der Waals surface area contributed by atoms with Crippen molar-refractivity contribution in [3.8, 4) is 0 Å². The molecule has 2 fully saturated rings. The van der Waals surface area contributed by atoms with Crippen LogP contribution >= 0.6 is 0 Å². The van der Waals surface area contributed by atoms with Crippen molar-refractivity contribution in [1.82, 2.24) is 5.32 Å². The van der Waals surface area contributed by atoms with Gasteiger partial charge in [0.25, 0.3) is 5.91 Å². The van der Waals surface area contributed by atoms with Crippen LogP contribution < -0.4 is 5.32 Å². The van der Waals surface area contributed by atoms with Crippen molar-refractivity contribution in [2.45, 2.75) is 31.3 Å². The maximum absolute atomic E-state index is 12.1. The van der Waals surface area contributed by atoms with Crippen LogP contribution in [0.3, 0.4) is 0 Å². The van der Waals surface area contributed by atoms with Gasteiger partial charge in [-0.1, -0.05) is 17.7 Å². The van der Waals surface area contributed by atoms with Crippen molar-refractivity contribution in [3.05, 3.63) is 35.4 Å². The Morgan fingerprint density at radius 2 is 1.89 bits per heavy atom. The quantitative estimate of drug-likeness (QED) is 0.802. The van der Waals surface area contributed by atoms with Gasteiger partial charge < -0.3 is 19.9 Å². The van der Waals surface area contributed by atoms with Crippen LogP contribution in [-0.4, -0.2) is 48.6 Å². The molecule has 1 aromatic rings. The van der Waals surface area contributed by atoms with Crippen LogP contribution in [0.2, 0.25) is 0 Å². The van der Waals surface area contributed by atoms with Crippen LogP contribution in [0.1, 0.15) is 15.9 Å². The lowest BCUT2D eigenvalue weighted by molar-refractivity contribution is 0.0178. The van der Waals surface area contributed by atoms with E-state index in [0.29, 0.717) is 12.2 Å². The molecule has 102 valence electrons. The smallest absolute Gasteiger partial charge is 0.251 e. The summed E-state index contributed by atoms with van der Waals surface area (Å²) in [6, 6.07) is 7.19. The summed E-state index contributed by atoms with van der Waals surface area (Å²) in [5.41, 5.74) is 1.73. The van der Waals surface area contributed by atoms with Gasteiger partial charge in [-0.25, -0.2) is 0 Å². The van der Waals surface area contributed by atoms with Crippen LogP contribution in [-0.2, 0) is 9.47 Å². The fourth-order valence-electron chi connectivity index (χ4n) is 2.56. The summed E-state index contributed by atoms with van der Waals surface area (Å²) in [6.45, 7) is 2.63. The Kier molecular flexibility index (Phi) is 3.26. The lowest BCUT2D eigenvalue weighted by Crippen LogP contribution is -2.44. The fourth-order valence-corrected chi connectivity index (χ4v) is 2.56. The number of aliphatic hydroxyl groups excluding tert-OH is 1. The second kappa shape index (κ2) is 4.92. The molecule has 0 aliphatic carbocycles. The van der Waals surface area contributed by atoms with Gasteiger partial charge in [0.15, 0.2) is 0 Å². The van der Waals surface area contributed by atoms with Crippen LogP contribution in [0.5, 0.6) is 0 Å². The van der Waals surface area contributed by atoms with E-state index in [9.17, 15) is 9.90 Å². The highest BCUT2D eigenvalue weighted by atomic mass is 16.6. The molecule has 5 nitrogen and oxygen atoms in total. The topological polar surface area (TPSA) is 67.8 Å². The molecule has 0 saturated carbocycles. The minimum Gasteiger partial charge on any atom is -0.388 e. The van der Waals surface area contributed by atoms with E-state index in [-0.39, 0.29) is 30.8 Å². The number of fused-ring (bicyclic) bond motifs is 1. The molecule has 4 unspecified atom stereocenters. The van der Waals surface area contributed by atoms with Gasteiger partial charge in [-0.2, -0.15) is 0 Å². The molecule has 2 saturated heterocycles. The number of rotatable bonds is 2. The van der Waals surface area contributed by atoms with Crippen LogP contribution in [0.4, 0.5) is 0 Å². The second-order valence-corrected chi connectivity index (χ2v) is 5.11. The predicted molar refractivity (Wildman–Crippen MR) is 67.9 cm³/mol. The maximum Gasteiger partial charge on any atom is 0.251 e. The number of ether oxygens (including phenoxy) is 2. The van der Waals surface area contributed by atoms with Gasteiger partial charge in [0.2, 0.25) is 0 Å². The molecule has 1 aromatic carbocycles. The molecule has 19 heavy (non-hydrogen) atoms. The van der Waals surface area contributed by atoms with Crippen molar-refractivity contribution in [1.29, 1.82) is 0 Å². The maximum atomic E-state index is 12.1. The van der Waals surface area contributed by atoms with E-state index >= 15 is 0 Å². The first-order chi connectivity index (χ1) is 9.15. The lowest BCUT2D eigenvalue weighted by Gasteiger charge is -2.17. The zero-order valence-electron chi connectivity index (χ0n) is 10.7. The average Bonchev–Trinajstić information content (AvgIpc) is 2.95. The lowest BCUT2D eigenvalue weighted by atomic mass is 10.1. The third-order valence-electron chi connectivity index (χ3n) is 3.66. The number of aliphatic hydroxyl groups is 1. The fraction of sp³-hybridized carbons (Fsp3) is 0.500. The van der Waals surface area contributed by atoms with E-state index < -0.39 is 6.10 Å². The summed E-state index contributed by atoms with van der Waals surface area (Å²) in [5.74, 6) is -0.140. The summed E-state index contributed by atoms with van der Waals surface area (Å²) in [6.07, 6.45) is -1.15. The number of benzene rings is 1. The molecule has 0 aromatic heterocycles. The summed E-state index contributed by atoms with van der Waals surface area (Å²) in [5, 5.41) is 12.5. The first kappa shape index (κ1) is 12.6. The van der Waals surface area contributed by atoms with Crippen molar-refractivity contribution < 1.29 is 19.4 Å². The number of nitrogens with one attached hydrogen (secondary N) is 1. The highest BCUT2D eigenvalue weighted by Crippen LogP contribution is 2.27. The second-order valence-electron chi connectivity index (χ2n) is 5.11. The van der Waals surface area contributed by atoms with E-state index in [2.05, 4.69) is 5.32 Å². The van der Waals surface area contributed by atoms with Crippen LogP contribution in [0.15, 0.2) is 24.3 Å². The molecule has 0 bridgehead atoms. The van der Waals surface area contributed by atoms with Crippen molar-refractivity contribution >= 4 is 5.91 Å². The molecular weight excluding hydrogens is 246 g/mol. The molecule has 4 atom stereocenters. The minimum absolute atomic E-state index is 0.140. The van der Waals surface area contributed by atoms with E-state index in [1.807, 2.05) is 19.1 Å². The molecule has 2 aliphatic rings. The molecule has 1 amide bonds. The molecule has 3 rings (SSSR count). The van der Waals surface area contributed by atoms with Crippen molar-refractivity contribution in [3.63, 3.8) is 0 Å². The summed E-state index contributed by atoms with van der Waals surface area (Å²) < 4.78 is 10.9. The monoisotopic (exact) mass is 263 g/mol. The Hall–Kier alpha value is -1.43. The van der Waals surface area contributed by atoms with Crippen molar-refractivity contribution in [2.24, 2.45) is 0 Å². The number of carbonyl (C=O) groups is 1. The number of aryl methyl sites for hydroxylation is 1. The zero-order valence-corrected chi connectivity index (χ0v) is 10.7. The molecule has 2 N–H and O–H groups in total. The predicted octanol–water partition coefficient (Wildman–Crippen LogP) is 0.252. The Morgan fingerprint density at radius 1 is 1.21 bits per heavy atom. The van der Waals surface area contributed by atoms with Crippen LogP contribution in [0.25, 0.3) is 0 Å². The van der Waals surface area contributed by atoms with Crippen LogP contribution in [0, 0.1) is 6.92 Å². The van der Waals surface area contributed by atoms with Gasteiger partial charge in [-0.05, 0) is 19.1 Å². The number of hydrogen-bond donors (Lipinski definition) is 2. The Labute approximate surface area is 111 Å². The first-order valence-corrected chi connectivity index (χ1v) is 6.44.